The van der Waals surface area contributed by atoms with Crippen molar-refractivity contribution >= 4 is 15.9 Å². The fourth-order valence-electron chi connectivity index (χ4n) is 2.06. The molecule has 1 atom stereocenters. The Morgan fingerprint density at radius 3 is 2.32 bits per heavy atom. The van der Waals surface area contributed by atoms with Crippen molar-refractivity contribution in [2.75, 3.05) is 0 Å². The van der Waals surface area contributed by atoms with E-state index in [2.05, 4.69) is 15.9 Å². The highest BCUT2D eigenvalue weighted by molar-refractivity contribution is 9.10. The first kappa shape index (κ1) is 14.2. The Morgan fingerprint density at radius 1 is 1.00 bits per heavy atom. The van der Waals surface area contributed by atoms with Gasteiger partial charge in [0.05, 0.1) is 0 Å². The van der Waals surface area contributed by atoms with Gasteiger partial charge >= 0.3 is 0 Å². The maximum absolute atomic E-state index is 13.6. The predicted molar refractivity (Wildman–Crippen MR) is 78.8 cm³/mol. The second-order valence-electron chi connectivity index (χ2n) is 4.87. The first-order valence-electron chi connectivity index (χ1n) is 6.11. The van der Waals surface area contributed by atoms with E-state index in [1.165, 1.54) is 6.07 Å². The maximum atomic E-state index is 13.6. The Morgan fingerprint density at radius 2 is 1.68 bits per heavy atom. The van der Waals surface area contributed by atoms with Gasteiger partial charge < -0.3 is 5.11 Å². The summed E-state index contributed by atoms with van der Waals surface area (Å²) in [6, 6.07) is 8.76. The van der Waals surface area contributed by atoms with Crippen molar-refractivity contribution in [3.8, 4) is 0 Å². The number of rotatable bonds is 2. The van der Waals surface area contributed by atoms with Crippen LogP contribution in [0, 0.1) is 26.6 Å². The quantitative estimate of drug-likeness (QED) is 0.857. The zero-order valence-electron chi connectivity index (χ0n) is 11.2. The molecule has 1 N–H and O–H groups in total. The molecule has 1 unspecified atom stereocenters. The third kappa shape index (κ3) is 2.88. The molecule has 2 aromatic rings. The van der Waals surface area contributed by atoms with Gasteiger partial charge in [-0.05, 0) is 60.7 Å². The molecule has 0 radical (unpaired) electrons. The van der Waals surface area contributed by atoms with E-state index in [-0.39, 0.29) is 5.82 Å². The second-order valence-corrected chi connectivity index (χ2v) is 5.72. The molecule has 19 heavy (non-hydrogen) atoms. The zero-order chi connectivity index (χ0) is 14.2. The fraction of sp³-hybridized carbons (Fsp3) is 0.250. The Labute approximate surface area is 121 Å². The van der Waals surface area contributed by atoms with Gasteiger partial charge in [-0.2, -0.15) is 0 Å². The third-order valence-corrected chi connectivity index (χ3v) is 4.21. The first-order chi connectivity index (χ1) is 8.90. The van der Waals surface area contributed by atoms with Gasteiger partial charge in [-0.25, -0.2) is 4.39 Å². The molecule has 0 aromatic heterocycles. The Hall–Kier alpha value is -1.19. The molecule has 0 saturated carbocycles. The number of aryl methyl sites for hydroxylation is 3. The maximum Gasteiger partial charge on any atom is 0.126 e. The minimum Gasteiger partial charge on any atom is -0.384 e. The van der Waals surface area contributed by atoms with Crippen LogP contribution in [0.15, 0.2) is 34.8 Å². The van der Waals surface area contributed by atoms with Crippen LogP contribution in [0.4, 0.5) is 4.39 Å². The summed E-state index contributed by atoms with van der Waals surface area (Å²) in [5, 5.41) is 10.4. The summed E-state index contributed by atoms with van der Waals surface area (Å²) in [5.74, 6) is -0.289. The molecule has 2 rings (SSSR count). The molecule has 0 saturated heterocycles. The first-order valence-corrected chi connectivity index (χ1v) is 6.90. The minimum atomic E-state index is -0.804. The van der Waals surface area contributed by atoms with E-state index in [1.54, 1.807) is 19.1 Å². The number of aliphatic hydroxyl groups is 1. The number of halogens is 2. The van der Waals surface area contributed by atoms with Crippen LogP contribution in [0.2, 0.25) is 0 Å². The summed E-state index contributed by atoms with van der Waals surface area (Å²) in [7, 11) is 0. The smallest absolute Gasteiger partial charge is 0.126 e. The minimum absolute atomic E-state index is 0.289. The van der Waals surface area contributed by atoms with Crippen molar-refractivity contribution in [1.82, 2.24) is 0 Å². The van der Waals surface area contributed by atoms with Gasteiger partial charge in [0.15, 0.2) is 0 Å². The Kier molecular flexibility index (Phi) is 4.07. The molecule has 100 valence electrons. The zero-order valence-corrected chi connectivity index (χ0v) is 12.8. The van der Waals surface area contributed by atoms with Gasteiger partial charge in [-0.15, -0.1) is 0 Å². The molecule has 0 amide bonds. The van der Waals surface area contributed by atoms with Crippen molar-refractivity contribution in [3.63, 3.8) is 0 Å². The average molecular weight is 323 g/mol. The monoisotopic (exact) mass is 322 g/mol. The lowest BCUT2D eigenvalue weighted by Crippen LogP contribution is -2.04. The lowest BCUT2D eigenvalue weighted by Gasteiger charge is -2.16. The summed E-state index contributed by atoms with van der Waals surface area (Å²) >= 11 is 3.47. The van der Waals surface area contributed by atoms with Crippen LogP contribution in [0.1, 0.15) is 33.9 Å². The summed E-state index contributed by atoms with van der Waals surface area (Å²) in [6.45, 7) is 5.61. The van der Waals surface area contributed by atoms with E-state index in [0.717, 1.165) is 21.2 Å². The van der Waals surface area contributed by atoms with Crippen LogP contribution in [0.5, 0.6) is 0 Å². The van der Waals surface area contributed by atoms with Gasteiger partial charge in [-0.3, -0.25) is 0 Å². The van der Waals surface area contributed by atoms with Crippen LogP contribution >= 0.6 is 15.9 Å². The molecule has 0 heterocycles. The summed E-state index contributed by atoms with van der Waals surface area (Å²) in [4.78, 5) is 0. The van der Waals surface area contributed by atoms with Gasteiger partial charge in [-0.1, -0.05) is 34.1 Å². The van der Waals surface area contributed by atoms with Gasteiger partial charge in [0.25, 0.3) is 0 Å². The van der Waals surface area contributed by atoms with E-state index in [9.17, 15) is 9.50 Å². The van der Waals surface area contributed by atoms with E-state index in [1.807, 2.05) is 26.0 Å². The topological polar surface area (TPSA) is 20.2 Å². The number of benzene rings is 2. The van der Waals surface area contributed by atoms with Crippen molar-refractivity contribution < 1.29 is 9.50 Å². The van der Waals surface area contributed by atoms with Gasteiger partial charge in [0.2, 0.25) is 0 Å². The van der Waals surface area contributed by atoms with Crippen LogP contribution in [0.25, 0.3) is 0 Å². The van der Waals surface area contributed by atoms with Crippen molar-refractivity contribution in [1.29, 1.82) is 0 Å². The van der Waals surface area contributed by atoms with Crippen molar-refractivity contribution in [2.24, 2.45) is 0 Å². The highest BCUT2D eigenvalue weighted by Crippen LogP contribution is 2.29. The summed E-state index contributed by atoms with van der Waals surface area (Å²) in [5.41, 5.74) is 4.00. The van der Waals surface area contributed by atoms with Crippen molar-refractivity contribution in [3.05, 3.63) is 68.4 Å². The molecule has 0 aliphatic rings. The molecule has 0 spiro atoms. The van der Waals surface area contributed by atoms with Crippen molar-refractivity contribution in [2.45, 2.75) is 26.9 Å². The highest BCUT2D eigenvalue weighted by Gasteiger charge is 2.15. The largest absolute Gasteiger partial charge is 0.384 e. The van der Waals surface area contributed by atoms with Gasteiger partial charge in [0, 0.05) is 4.47 Å². The van der Waals surface area contributed by atoms with E-state index >= 15 is 0 Å². The SMILES string of the molecule is Cc1ccc(C(O)c2cc(C)c(Br)cc2C)cc1F. The molecule has 1 nitrogen and oxygen atoms in total. The second kappa shape index (κ2) is 5.43. The number of hydrogen-bond donors (Lipinski definition) is 1. The molecule has 2 aromatic carbocycles. The highest BCUT2D eigenvalue weighted by atomic mass is 79.9. The molecular formula is C16H16BrFO. The van der Waals surface area contributed by atoms with Crippen LogP contribution in [-0.2, 0) is 0 Å². The Balaban J connectivity index is 2.46. The lowest BCUT2D eigenvalue weighted by atomic mass is 9.95. The molecule has 0 aliphatic heterocycles. The molecule has 3 heteroatoms. The lowest BCUT2D eigenvalue weighted by molar-refractivity contribution is 0.219. The van der Waals surface area contributed by atoms with E-state index in [0.29, 0.717) is 11.1 Å². The molecular weight excluding hydrogens is 307 g/mol. The normalized spacial score (nSPS) is 12.5. The Bertz CT molecular complexity index is 622. The molecule has 0 fully saturated rings. The number of aliphatic hydroxyl groups excluding tert-OH is 1. The van der Waals surface area contributed by atoms with E-state index < -0.39 is 6.10 Å². The van der Waals surface area contributed by atoms with E-state index in [4.69, 9.17) is 0 Å². The average Bonchev–Trinajstić information content (AvgIpc) is 2.36. The number of hydrogen-bond acceptors (Lipinski definition) is 1. The standard InChI is InChI=1S/C16H16BrFO/c1-9-4-5-12(8-15(9)18)16(19)13-6-11(3)14(17)7-10(13)2/h4-8,16,19H,1-3H3. The molecule has 0 aliphatic carbocycles. The summed E-state index contributed by atoms with van der Waals surface area (Å²) in [6.07, 6.45) is -0.804. The molecule has 0 bridgehead atoms. The van der Waals surface area contributed by atoms with Crippen LogP contribution < -0.4 is 0 Å². The van der Waals surface area contributed by atoms with Gasteiger partial charge in [0.1, 0.15) is 11.9 Å². The van der Waals surface area contributed by atoms with Crippen LogP contribution in [-0.4, -0.2) is 5.11 Å². The van der Waals surface area contributed by atoms with Crippen LogP contribution in [0.3, 0.4) is 0 Å². The summed E-state index contributed by atoms with van der Waals surface area (Å²) < 4.78 is 14.6. The third-order valence-electron chi connectivity index (χ3n) is 3.35. The fourth-order valence-corrected chi connectivity index (χ4v) is 2.51. The predicted octanol–water partition coefficient (Wildman–Crippen LogP) is 4.60.